The summed E-state index contributed by atoms with van der Waals surface area (Å²) in [6.07, 6.45) is 4.71. The van der Waals surface area contributed by atoms with Crippen LogP contribution in [0.15, 0.2) is 24.5 Å². The van der Waals surface area contributed by atoms with Crippen LogP contribution in [-0.4, -0.2) is 36.4 Å². The number of carbonyl (C=O) groups excluding carboxylic acids is 1. The van der Waals surface area contributed by atoms with Crippen molar-refractivity contribution in [3.63, 3.8) is 0 Å². The Morgan fingerprint density at radius 2 is 2.06 bits per heavy atom. The summed E-state index contributed by atoms with van der Waals surface area (Å²) < 4.78 is 24.3. The van der Waals surface area contributed by atoms with Gasteiger partial charge < -0.3 is 9.88 Å². The fraction of sp³-hybridized carbons (Fsp3) is 0.545. The van der Waals surface area contributed by atoms with Crippen molar-refractivity contribution in [2.45, 2.75) is 25.4 Å². The van der Waals surface area contributed by atoms with Crippen molar-refractivity contribution in [2.24, 2.45) is 0 Å². The van der Waals surface area contributed by atoms with Crippen molar-refractivity contribution in [1.29, 1.82) is 0 Å². The molecular weight excluding hydrogens is 240 g/mol. The number of hydrogen-bond donors (Lipinski definition) is 1. The summed E-state index contributed by atoms with van der Waals surface area (Å²) in [6.45, 7) is 0.623. The molecule has 5 nitrogen and oxygen atoms in total. The van der Waals surface area contributed by atoms with E-state index in [4.69, 9.17) is 0 Å². The third kappa shape index (κ3) is 3.59. The van der Waals surface area contributed by atoms with Gasteiger partial charge in [0.05, 0.1) is 11.5 Å². The second kappa shape index (κ2) is 4.91. The second-order valence-electron chi connectivity index (χ2n) is 4.34. The summed E-state index contributed by atoms with van der Waals surface area (Å²) in [4.78, 5) is 11.6. The van der Waals surface area contributed by atoms with Gasteiger partial charge in [-0.25, -0.2) is 8.42 Å². The molecule has 0 aliphatic carbocycles. The third-order valence-electron chi connectivity index (χ3n) is 2.86. The number of hydrogen-bond acceptors (Lipinski definition) is 3. The molecule has 0 radical (unpaired) electrons. The highest BCUT2D eigenvalue weighted by atomic mass is 32.2. The van der Waals surface area contributed by atoms with Crippen molar-refractivity contribution in [3.8, 4) is 0 Å². The lowest BCUT2D eigenvalue weighted by Gasteiger charge is -2.10. The van der Waals surface area contributed by atoms with Gasteiger partial charge in [0, 0.05) is 31.4 Å². The summed E-state index contributed by atoms with van der Waals surface area (Å²) in [6, 6.07) is 3.61. The van der Waals surface area contributed by atoms with Gasteiger partial charge in [0.25, 0.3) is 0 Å². The monoisotopic (exact) mass is 256 g/mol. The highest BCUT2D eigenvalue weighted by Gasteiger charge is 2.28. The molecule has 1 saturated heterocycles. The van der Waals surface area contributed by atoms with Crippen LogP contribution in [0.3, 0.4) is 0 Å². The molecule has 1 aliphatic heterocycles. The smallest absolute Gasteiger partial charge is 0.222 e. The van der Waals surface area contributed by atoms with E-state index in [0.717, 1.165) is 0 Å². The lowest BCUT2D eigenvalue weighted by molar-refractivity contribution is -0.121. The molecule has 17 heavy (non-hydrogen) atoms. The van der Waals surface area contributed by atoms with Gasteiger partial charge in [0.2, 0.25) is 5.91 Å². The van der Waals surface area contributed by atoms with Gasteiger partial charge in [-0.2, -0.15) is 0 Å². The van der Waals surface area contributed by atoms with Crippen LogP contribution in [0.2, 0.25) is 0 Å². The van der Waals surface area contributed by atoms with Crippen LogP contribution < -0.4 is 5.32 Å². The molecule has 0 aromatic carbocycles. The Bertz CT molecular complexity index is 479. The molecule has 1 aromatic rings. The van der Waals surface area contributed by atoms with Crippen molar-refractivity contribution in [3.05, 3.63) is 24.5 Å². The molecule has 2 rings (SSSR count). The van der Waals surface area contributed by atoms with Gasteiger partial charge in [-0.1, -0.05) is 0 Å². The van der Waals surface area contributed by atoms with E-state index >= 15 is 0 Å². The zero-order valence-electron chi connectivity index (χ0n) is 9.50. The second-order valence-corrected chi connectivity index (χ2v) is 6.57. The van der Waals surface area contributed by atoms with E-state index in [2.05, 4.69) is 5.32 Å². The molecule has 0 spiro atoms. The topological polar surface area (TPSA) is 68.2 Å². The lowest BCUT2D eigenvalue weighted by atomic mass is 10.2. The van der Waals surface area contributed by atoms with Crippen LogP contribution in [-0.2, 0) is 21.2 Å². The van der Waals surface area contributed by atoms with E-state index in [0.29, 0.717) is 19.4 Å². The fourth-order valence-electron chi connectivity index (χ4n) is 1.96. The summed E-state index contributed by atoms with van der Waals surface area (Å²) in [5.41, 5.74) is 0. The number of amides is 1. The Morgan fingerprint density at radius 3 is 2.65 bits per heavy atom. The van der Waals surface area contributed by atoms with Crippen LogP contribution in [0.25, 0.3) is 0 Å². The maximum absolute atomic E-state index is 11.6. The van der Waals surface area contributed by atoms with Gasteiger partial charge in [0.15, 0.2) is 9.84 Å². The largest absolute Gasteiger partial charge is 0.354 e. The Morgan fingerprint density at radius 1 is 1.35 bits per heavy atom. The van der Waals surface area contributed by atoms with E-state index < -0.39 is 9.84 Å². The van der Waals surface area contributed by atoms with Gasteiger partial charge in [-0.15, -0.1) is 0 Å². The van der Waals surface area contributed by atoms with Crippen LogP contribution in [0.4, 0.5) is 0 Å². The lowest BCUT2D eigenvalue weighted by Crippen LogP contribution is -2.35. The molecule has 0 saturated carbocycles. The van der Waals surface area contributed by atoms with Gasteiger partial charge >= 0.3 is 0 Å². The van der Waals surface area contributed by atoms with Gasteiger partial charge in [-0.05, 0) is 18.6 Å². The van der Waals surface area contributed by atoms with Crippen LogP contribution in [0, 0.1) is 0 Å². The Hall–Kier alpha value is -1.30. The average Bonchev–Trinajstić information content (AvgIpc) is 2.85. The molecular formula is C11H16N2O3S. The number of nitrogens with zero attached hydrogens (tertiary/aromatic N) is 1. The molecule has 1 aliphatic rings. The van der Waals surface area contributed by atoms with Crippen molar-refractivity contribution in [1.82, 2.24) is 9.88 Å². The molecule has 1 N–H and O–H groups in total. The number of nitrogens with one attached hydrogen (secondary N) is 1. The van der Waals surface area contributed by atoms with Crippen molar-refractivity contribution in [2.75, 3.05) is 11.5 Å². The predicted molar refractivity (Wildman–Crippen MR) is 64.3 cm³/mol. The number of aromatic nitrogens is 1. The van der Waals surface area contributed by atoms with E-state index in [1.807, 2.05) is 29.1 Å². The Labute approximate surface area is 101 Å². The first-order chi connectivity index (χ1) is 8.05. The molecule has 0 bridgehead atoms. The highest BCUT2D eigenvalue weighted by molar-refractivity contribution is 7.91. The summed E-state index contributed by atoms with van der Waals surface area (Å²) in [5.74, 6) is 0.193. The molecule has 94 valence electrons. The average molecular weight is 256 g/mol. The Kier molecular flexibility index (Phi) is 3.51. The molecule has 1 amide bonds. The minimum absolute atomic E-state index is 0.0826. The maximum atomic E-state index is 11.6. The van der Waals surface area contributed by atoms with Crippen molar-refractivity contribution >= 4 is 15.7 Å². The molecule has 1 fully saturated rings. The summed E-state index contributed by atoms with van der Waals surface area (Å²) in [5, 5.41) is 2.77. The molecule has 6 heteroatoms. The molecule has 1 unspecified atom stereocenters. The highest BCUT2D eigenvalue weighted by Crippen LogP contribution is 2.11. The number of aryl methyl sites for hydroxylation is 1. The van der Waals surface area contributed by atoms with E-state index in [1.165, 1.54) is 0 Å². The number of sulfone groups is 1. The number of rotatable bonds is 4. The molecule has 1 aromatic heterocycles. The quantitative estimate of drug-likeness (QED) is 0.835. The van der Waals surface area contributed by atoms with E-state index in [-0.39, 0.29) is 23.5 Å². The summed E-state index contributed by atoms with van der Waals surface area (Å²) >= 11 is 0. The number of carbonyl (C=O) groups is 1. The first-order valence-corrected chi connectivity index (χ1v) is 7.48. The van der Waals surface area contributed by atoms with Crippen molar-refractivity contribution < 1.29 is 13.2 Å². The SMILES string of the molecule is O=C(CCn1cccc1)NC1CCS(=O)(=O)C1. The zero-order valence-corrected chi connectivity index (χ0v) is 10.3. The first-order valence-electron chi connectivity index (χ1n) is 5.66. The molecule has 2 heterocycles. The van der Waals surface area contributed by atoms with Crippen LogP contribution in [0.5, 0.6) is 0 Å². The van der Waals surface area contributed by atoms with Gasteiger partial charge in [0.1, 0.15) is 0 Å². The Balaban J connectivity index is 1.75. The van der Waals surface area contributed by atoms with Crippen LogP contribution in [0.1, 0.15) is 12.8 Å². The maximum Gasteiger partial charge on any atom is 0.222 e. The standard InChI is InChI=1S/C11H16N2O3S/c14-11(3-7-13-5-1-2-6-13)12-10-4-8-17(15,16)9-10/h1-2,5-6,10H,3-4,7-9H2,(H,12,14). The van der Waals surface area contributed by atoms with E-state index in [9.17, 15) is 13.2 Å². The fourth-order valence-corrected chi connectivity index (χ4v) is 3.63. The zero-order chi connectivity index (χ0) is 12.3. The van der Waals surface area contributed by atoms with Gasteiger partial charge in [-0.3, -0.25) is 4.79 Å². The normalized spacial score (nSPS) is 22.5. The molecule has 1 atom stereocenters. The van der Waals surface area contributed by atoms with Crippen LogP contribution >= 0.6 is 0 Å². The van der Waals surface area contributed by atoms with E-state index in [1.54, 1.807) is 0 Å². The first kappa shape index (κ1) is 12.2. The summed E-state index contributed by atoms with van der Waals surface area (Å²) in [7, 11) is -2.92. The third-order valence-corrected chi connectivity index (χ3v) is 4.63. The predicted octanol–water partition coefficient (Wildman–Crippen LogP) is 0.181. The minimum atomic E-state index is -2.92. The minimum Gasteiger partial charge on any atom is -0.354 e.